The summed E-state index contributed by atoms with van der Waals surface area (Å²) in [4.78, 5) is 8.12. The normalized spacial score (nSPS) is 12.5. The van der Waals surface area contributed by atoms with Crippen molar-refractivity contribution < 1.29 is 4.42 Å². The minimum absolute atomic E-state index is 0.0362. The van der Waals surface area contributed by atoms with Gasteiger partial charge in [-0.05, 0) is 44.5 Å². The Bertz CT molecular complexity index is 504. The minimum atomic E-state index is 0.0362. The zero-order chi connectivity index (χ0) is 12.4. The number of anilines is 1. The molecule has 0 spiro atoms. The molecule has 90 valence electrons. The van der Waals surface area contributed by atoms with Crippen molar-refractivity contribution in [2.45, 2.75) is 26.8 Å². The number of rotatable bonds is 3. The van der Waals surface area contributed by atoms with Gasteiger partial charge in [0, 0.05) is 11.8 Å². The first-order valence-electron chi connectivity index (χ1n) is 5.38. The van der Waals surface area contributed by atoms with Crippen molar-refractivity contribution in [2.24, 2.45) is 0 Å². The van der Waals surface area contributed by atoms with Crippen LogP contribution in [0.25, 0.3) is 0 Å². The van der Waals surface area contributed by atoms with E-state index in [1.165, 1.54) is 0 Å². The van der Waals surface area contributed by atoms with Crippen LogP contribution in [0.4, 0.5) is 5.82 Å². The smallest absolute Gasteiger partial charge is 0.224 e. The van der Waals surface area contributed by atoms with E-state index in [1.807, 2.05) is 39.0 Å². The Kier molecular flexibility index (Phi) is 3.33. The van der Waals surface area contributed by atoms with E-state index >= 15 is 0 Å². The second-order valence-electron chi connectivity index (χ2n) is 3.98. The maximum absolute atomic E-state index is 5.80. The summed E-state index contributed by atoms with van der Waals surface area (Å²) in [5.74, 6) is 2.46. The number of nitrogens with one attached hydrogen (secondary N) is 1. The quantitative estimate of drug-likeness (QED) is 0.848. The van der Waals surface area contributed by atoms with Crippen LogP contribution in [0.5, 0.6) is 0 Å². The van der Waals surface area contributed by atoms with E-state index < -0.39 is 0 Å². The zero-order valence-electron chi connectivity index (χ0n) is 9.99. The first-order chi connectivity index (χ1) is 8.04. The highest BCUT2D eigenvalue weighted by Gasteiger charge is 2.10. The van der Waals surface area contributed by atoms with Crippen LogP contribution >= 0.6 is 11.6 Å². The second kappa shape index (κ2) is 4.75. The number of hydrogen-bond donors (Lipinski definition) is 1. The Morgan fingerprint density at radius 1 is 1.29 bits per heavy atom. The van der Waals surface area contributed by atoms with Crippen molar-refractivity contribution in [1.82, 2.24) is 9.97 Å². The highest BCUT2D eigenvalue weighted by Crippen LogP contribution is 2.20. The average molecular weight is 252 g/mol. The van der Waals surface area contributed by atoms with E-state index in [4.69, 9.17) is 16.0 Å². The van der Waals surface area contributed by atoms with Crippen molar-refractivity contribution in [3.05, 3.63) is 40.7 Å². The molecule has 2 aromatic heterocycles. The molecule has 0 fully saturated rings. The molecule has 0 saturated carbocycles. The zero-order valence-corrected chi connectivity index (χ0v) is 10.7. The maximum atomic E-state index is 5.80. The first-order valence-corrected chi connectivity index (χ1v) is 5.76. The molecular weight excluding hydrogens is 238 g/mol. The van der Waals surface area contributed by atoms with Gasteiger partial charge in [0.25, 0.3) is 0 Å². The van der Waals surface area contributed by atoms with Gasteiger partial charge in [-0.25, -0.2) is 9.97 Å². The van der Waals surface area contributed by atoms with Gasteiger partial charge >= 0.3 is 0 Å². The lowest BCUT2D eigenvalue weighted by Gasteiger charge is -2.12. The number of aryl methyl sites for hydroxylation is 2. The maximum Gasteiger partial charge on any atom is 0.224 e. The van der Waals surface area contributed by atoms with Crippen LogP contribution in [0, 0.1) is 13.8 Å². The Balaban J connectivity index is 2.15. The van der Waals surface area contributed by atoms with Gasteiger partial charge in [0.2, 0.25) is 5.28 Å². The molecule has 0 radical (unpaired) electrons. The average Bonchev–Trinajstić information content (AvgIpc) is 2.63. The fraction of sp³-hybridized carbons (Fsp3) is 0.333. The molecule has 0 saturated heterocycles. The molecule has 0 aliphatic carbocycles. The Hall–Kier alpha value is -1.55. The second-order valence-corrected chi connectivity index (χ2v) is 4.32. The Morgan fingerprint density at radius 3 is 2.65 bits per heavy atom. The molecule has 2 aromatic rings. The predicted octanol–water partition coefficient (Wildman–Crippen LogP) is 3.51. The first kappa shape index (κ1) is 11.9. The molecule has 2 rings (SSSR count). The monoisotopic (exact) mass is 251 g/mol. The molecule has 0 aromatic carbocycles. The summed E-state index contributed by atoms with van der Waals surface area (Å²) in [6, 6.07) is 5.76. The number of aromatic nitrogens is 2. The van der Waals surface area contributed by atoms with Gasteiger partial charge in [0.05, 0.1) is 6.04 Å². The summed E-state index contributed by atoms with van der Waals surface area (Å²) in [7, 11) is 0. The van der Waals surface area contributed by atoms with Crippen molar-refractivity contribution in [2.75, 3.05) is 5.32 Å². The highest BCUT2D eigenvalue weighted by atomic mass is 35.5. The van der Waals surface area contributed by atoms with Crippen LogP contribution in [0.1, 0.15) is 30.2 Å². The van der Waals surface area contributed by atoms with Gasteiger partial charge in [0.15, 0.2) is 0 Å². The van der Waals surface area contributed by atoms with E-state index in [1.54, 1.807) is 0 Å². The van der Waals surface area contributed by atoms with Gasteiger partial charge in [-0.1, -0.05) is 0 Å². The summed E-state index contributed by atoms with van der Waals surface area (Å²) in [5, 5.41) is 3.47. The Morgan fingerprint density at radius 2 is 2.06 bits per heavy atom. The fourth-order valence-corrected chi connectivity index (χ4v) is 1.81. The van der Waals surface area contributed by atoms with Crippen LogP contribution in [0.2, 0.25) is 5.28 Å². The molecule has 2 heterocycles. The molecular formula is C12H14ClN3O. The molecule has 1 N–H and O–H groups in total. The summed E-state index contributed by atoms with van der Waals surface area (Å²) in [5.41, 5.74) is 0.829. The topological polar surface area (TPSA) is 51.0 Å². The van der Waals surface area contributed by atoms with Crippen molar-refractivity contribution >= 4 is 17.4 Å². The van der Waals surface area contributed by atoms with Crippen LogP contribution in [-0.2, 0) is 0 Å². The van der Waals surface area contributed by atoms with Gasteiger partial charge < -0.3 is 9.73 Å². The summed E-state index contributed by atoms with van der Waals surface area (Å²) < 4.78 is 5.54. The van der Waals surface area contributed by atoms with E-state index in [0.717, 1.165) is 17.2 Å². The number of furan rings is 1. The predicted molar refractivity (Wildman–Crippen MR) is 67.3 cm³/mol. The summed E-state index contributed by atoms with van der Waals surface area (Å²) in [6.45, 7) is 5.80. The van der Waals surface area contributed by atoms with Gasteiger partial charge in [0.1, 0.15) is 17.3 Å². The van der Waals surface area contributed by atoms with Crippen LogP contribution in [0.15, 0.2) is 22.6 Å². The standard InChI is InChI=1S/C12H14ClN3O/c1-7-6-11(16-12(13)14-7)15-9(3)10-5-4-8(2)17-10/h4-6,9H,1-3H3,(H,14,15,16). The minimum Gasteiger partial charge on any atom is -0.464 e. The lowest BCUT2D eigenvalue weighted by atomic mass is 10.2. The third-order valence-electron chi connectivity index (χ3n) is 2.38. The van der Waals surface area contributed by atoms with E-state index in [2.05, 4.69) is 15.3 Å². The number of halogens is 1. The number of nitrogens with zero attached hydrogens (tertiary/aromatic N) is 2. The van der Waals surface area contributed by atoms with Crippen molar-refractivity contribution in [3.63, 3.8) is 0 Å². The summed E-state index contributed by atoms with van der Waals surface area (Å²) in [6.07, 6.45) is 0. The lowest BCUT2D eigenvalue weighted by Crippen LogP contribution is -2.07. The van der Waals surface area contributed by atoms with Crippen molar-refractivity contribution in [3.8, 4) is 0 Å². The molecule has 0 amide bonds. The molecule has 5 heteroatoms. The third kappa shape index (κ3) is 2.97. The SMILES string of the molecule is Cc1cc(NC(C)c2ccc(C)o2)nc(Cl)n1. The molecule has 0 bridgehead atoms. The molecule has 4 nitrogen and oxygen atoms in total. The van der Waals surface area contributed by atoms with Crippen LogP contribution in [-0.4, -0.2) is 9.97 Å². The van der Waals surface area contributed by atoms with E-state index in [9.17, 15) is 0 Å². The van der Waals surface area contributed by atoms with E-state index in [-0.39, 0.29) is 11.3 Å². The number of hydrogen-bond acceptors (Lipinski definition) is 4. The van der Waals surface area contributed by atoms with Crippen LogP contribution < -0.4 is 5.32 Å². The molecule has 0 aliphatic heterocycles. The fourth-order valence-electron chi connectivity index (χ4n) is 1.59. The third-order valence-corrected chi connectivity index (χ3v) is 2.55. The summed E-state index contributed by atoms with van der Waals surface area (Å²) >= 11 is 5.80. The van der Waals surface area contributed by atoms with Gasteiger partial charge in [-0.3, -0.25) is 0 Å². The molecule has 1 unspecified atom stereocenters. The van der Waals surface area contributed by atoms with Gasteiger partial charge in [-0.2, -0.15) is 0 Å². The largest absolute Gasteiger partial charge is 0.464 e. The van der Waals surface area contributed by atoms with E-state index in [0.29, 0.717) is 5.82 Å². The molecule has 17 heavy (non-hydrogen) atoms. The van der Waals surface area contributed by atoms with Gasteiger partial charge in [-0.15, -0.1) is 0 Å². The Labute approximate surface area is 105 Å². The molecule has 0 aliphatic rings. The lowest BCUT2D eigenvalue weighted by molar-refractivity contribution is 0.466. The highest BCUT2D eigenvalue weighted by molar-refractivity contribution is 6.28. The van der Waals surface area contributed by atoms with Crippen molar-refractivity contribution in [1.29, 1.82) is 0 Å². The van der Waals surface area contributed by atoms with Crippen LogP contribution in [0.3, 0.4) is 0 Å². The molecule has 1 atom stereocenters.